The van der Waals surface area contributed by atoms with E-state index in [0.717, 1.165) is 6.42 Å². The van der Waals surface area contributed by atoms with E-state index in [1.807, 2.05) is 79.5 Å². The zero-order valence-corrected chi connectivity index (χ0v) is 36.4. The first-order valence-electron chi connectivity index (χ1n) is 19.4. The van der Waals surface area contributed by atoms with Crippen LogP contribution in [0.3, 0.4) is 0 Å². The molecule has 0 aliphatic rings. The lowest BCUT2D eigenvalue weighted by atomic mass is 9.72. The van der Waals surface area contributed by atoms with Crippen molar-refractivity contribution >= 4 is 29.8 Å². The largest absolute Gasteiger partial charge is 0.464 e. The van der Waals surface area contributed by atoms with Crippen LogP contribution in [0.4, 0.5) is 0 Å². The molecule has 0 aromatic rings. The maximum absolute atomic E-state index is 13.9. The summed E-state index contributed by atoms with van der Waals surface area (Å²) in [4.78, 5) is 70.9. The van der Waals surface area contributed by atoms with Crippen molar-refractivity contribution in [3.63, 3.8) is 0 Å². The Morgan fingerprint density at radius 1 is 0.453 bits per heavy atom. The minimum Gasteiger partial charge on any atom is -0.464 e. The standard InChI is InChI=1S/C41H76N2O10/c1-17-21-36(5,6)31(44)51-28-41(20-4,29-52-33(46)38(9,10)27-39(11,18-2)34(47)50-25-23-43(15)16)30-53-35(48)40(12,19-3)26-37(7,8)32(45)49-24-22-42(13)14/h17-30H2,1-16H3. The van der Waals surface area contributed by atoms with Crippen LogP contribution in [0.25, 0.3) is 0 Å². The predicted molar refractivity (Wildman–Crippen MR) is 207 cm³/mol. The van der Waals surface area contributed by atoms with Crippen molar-refractivity contribution in [2.75, 3.05) is 74.3 Å². The molecule has 12 heteroatoms. The molecule has 0 aliphatic carbocycles. The van der Waals surface area contributed by atoms with E-state index in [0.29, 0.717) is 38.8 Å². The predicted octanol–water partition coefficient (Wildman–Crippen LogP) is 6.71. The Bertz CT molecular complexity index is 1200. The number of ether oxygens (including phenoxy) is 5. The Morgan fingerprint density at radius 2 is 0.774 bits per heavy atom. The molecule has 0 aromatic heterocycles. The summed E-state index contributed by atoms with van der Waals surface area (Å²) in [5.41, 5.74) is -5.80. The third-order valence-electron chi connectivity index (χ3n) is 10.6. The van der Waals surface area contributed by atoms with Gasteiger partial charge in [-0.2, -0.15) is 0 Å². The first kappa shape index (κ1) is 50.3. The second kappa shape index (κ2) is 21.4. The minimum absolute atomic E-state index is 0.145. The topological polar surface area (TPSA) is 138 Å². The van der Waals surface area contributed by atoms with Gasteiger partial charge in [-0.05, 0) is 122 Å². The molecule has 0 radical (unpaired) electrons. The quantitative estimate of drug-likeness (QED) is 0.0685. The normalized spacial score (nSPS) is 15.9. The maximum atomic E-state index is 13.9. The molecule has 0 amide bonds. The van der Waals surface area contributed by atoms with Crippen LogP contribution in [0.5, 0.6) is 0 Å². The fraction of sp³-hybridized carbons (Fsp3) is 0.878. The zero-order chi connectivity index (χ0) is 41.5. The summed E-state index contributed by atoms with van der Waals surface area (Å²) in [6.07, 6.45) is 3.01. The van der Waals surface area contributed by atoms with Gasteiger partial charge < -0.3 is 33.5 Å². The van der Waals surface area contributed by atoms with Gasteiger partial charge in [0.05, 0.1) is 32.5 Å². The van der Waals surface area contributed by atoms with Crippen LogP contribution in [0, 0.1) is 32.5 Å². The molecule has 310 valence electrons. The summed E-state index contributed by atoms with van der Waals surface area (Å²) >= 11 is 0. The second-order valence-electron chi connectivity index (χ2n) is 18.0. The monoisotopic (exact) mass is 757 g/mol. The molecular formula is C41H76N2O10. The molecule has 0 saturated carbocycles. The van der Waals surface area contributed by atoms with Crippen LogP contribution >= 0.6 is 0 Å². The maximum Gasteiger partial charge on any atom is 0.311 e. The molecule has 3 unspecified atom stereocenters. The highest BCUT2D eigenvalue weighted by atomic mass is 16.6. The summed E-state index contributed by atoms with van der Waals surface area (Å²) in [5, 5.41) is 0. The summed E-state index contributed by atoms with van der Waals surface area (Å²) in [6, 6.07) is 0. The first-order chi connectivity index (χ1) is 24.2. The van der Waals surface area contributed by atoms with E-state index in [4.69, 9.17) is 23.7 Å². The van der Waals surface area contributed by atoms with Crippen LogP contribution in [-0.4, -0.2) is 114 Å². The Balaban J connectivity index is 6.23. The molecule has 0 fully saturated rings. The molecule has 0 aromatic carbocycles. The van der Waals surface area contributed by atoms with Crippen LogP contribution in [0.15, 0.2) is 0 Å². The van der Waals surface area contributed by atoms with Gasteiger partial charge in [0.15, 0.2) is 0 Å². The SMILES string of the molecule is CCCC(C)(C)C(=O)OCC(CC)(COC(=O)C(C)(C)CC(C)(CC)C(=O)OCCN(C)C)COC(=O)C(C)(CC)CC(C)(C)C(=O)OCCN(C)C. The van der Waals surface area contributed by atoms with E-state index in [1.165, 1.54) is 0 Å². The number of hydrogen-bond acceptors (Lipinski definition) is 12. The van der Waals surface area contributed by atoms with Crippen molar-refractivity contribution in [3.05, 3.63) is 0 Å². The van der Waals surface area contributed by atoms with Crippen molar-refractivity contribution in [3.8, 4) is 0 Å². The van der Waals surface area contributed by atoms with Crippen LogP contribution in [0.1, 0.15) is 128 Å². The average molecular weight is 757 g/mol. The Morgan fingerprint density at radius 3 is 1.11 bits per heavy atom. The third-order valence-corrected chi connectivity index (χ3v) is 10.6. The molecule has 53 heavy (non-hydrogen) atoms. The number of nitrogens with zero attached hydrogens (tertiary/aromatic N) is 2. The van der Waals surface area contributed by atoms with Crippen molar-refractivity contribution in [2.45, 2.75) is 128 Å². The van der Waals surface area contributed by atoms with Gasteiger partial charge in [-0.25, -0.2) is 0 Å². The highest BCUT2D eigenvalue weighted by Gasteiger charge is 2.46. The van der Waals surface area contributed by atoms with Gasteiger partial charge in [-0.3, -0.25) is 24.0 Å². The van der Waals surface area contributed by atoms with E-state index in [-0.39, 0.29) is 51.8 Å². The van der Waals surface area contributed by atoms with Crippen molar-refractivity contribution < 1.29 is 47.7 Å². The Kier molecular flexibility index (Phi) is 20.3. The number of hydrogen-bond donors (Lipinski definition) is 0. The lowest BCUT2D eigenvalue weighted by Crippen LogP contribution is -2.45. The van der Waals surface area contributed by atoms with Crippen LogP contribution in [0.2, 0.25) is 0 Å². The van der Waals surface area contributed by atoms with Gasteiger partial charge >= 0.3 is 29.8 Å². The molecule has 0 saturated heterocycles. The highest BCUT2D eigenvalue weighted by molar-refractivity contribution is 5.81. The molecule has 0 rings (SSSR count). The Hall–Kier alpha value is -2.73. The lowest BCUT2D eigenvalue weighted by molar-refractivity contribution is -0.176. The second-order valence-corrected chi connectivity index (χ2v) is 18.0. The molecule has 0 N–H and O–H groups in total. The van der Waals surface area contributed by atoms with Gasteiger partial charge in [-0.1, -0.05) is 34.1 Å². The third kappa shape index (κ3) is 16.3. The fourth-order valence-electron chi connectivity index (χ4n) is 6.17. The summed E-state index contributed by atoms with van der Waals surface area (Å²) in [6.45, 7) is 22.9. The van der Waals surface area contributed by atoms with Crippen molar-refractivity contribution in [2.24, 2.45) is 32.5 Å². The number of esters is 5. The molecule has 0 heterocycles. The van der Waals surface area contributed by atoms with E-state index in [2.05, 4.69) is 0 Å². The van der Waals surface area contributed by atoms with Gasteiger partial charge in [0.25, 0.3) is 0 Å². The fourth-order valence-corrected chi connectivity index (χ4v) is 6.17. The summed E-state index contributed by atoms with van der Waals surface area (Å²) in [7, 11) is 7.58. The van der Waals surface area contributed by atoms with E-state index < -0.39 is 56.4 Å². The molecule has 0 spiro atoms. The summed E-state index contributed by atoms with van der Waals surface area (Å²) < 4.78 is 29.0. The first-order valence-corrected chi connectivity index (χ1v) is 19.4. The van der Waals surface area contributed by atoms with Crippen molar-refractivity contribution in [1.82, 2.24) is 9.80 Å². The van der Waals surface area contributed by atoms with Gasteiger partial charge in [0, 0.05) is 13.1 Å². The number of rotatable bonds is 26. The average Bonchev–Trinajstić information content (AvgIpc) is 3.06. The minimum atomic E-state index is -1.07. The van der Waals surface area contributed by atoms with E-state index >= 15 is 0 Å². The molecular weight excluding hydrogens is 680 g/mol. The summed E-state index contributed by atoms with van der Waals surface area (Å²) in [5.74, 6) is -2.21. The molecule has 3 atom stereocenters. The Labute approximate surface area is 321 Å². The molecule has 0 bridgehead atoms. The molecule has 12 nitrogen and oxygen atoms in total. The van der Waals surface area contributed by atoms with E-state index in [9.17, 15) is 24.0 Å². The lowest BCUT2D eigenvalue weighted by Gasteiger charge is -2.37. The zero-order valence-electron chi connectivity index (χ0n) is 36.4. The number of carbonyl (C=O) groups excluding carboxylic acids is 5. The van der Waals surface area contributed by atoms with Gasteiger partial charge in [-0.15, -0.1) is 0 Å². The number of carbonyl (C=O) groups is 5. The van der Waals surface area contributed by atoms with Crippen LogP contribution < -0.4 is 0 Å². The smallest absolute Gasteiger partial charge is 0.311 e. The van der Waals surface area contributed by atoms with Crippen LogP contribution in [-0.2, 0) is 47.7 Å². The van der Waals surface area contributed by atoms with Crippen molar-refractivity contribution in [1.29, 1.82) is 0 Å². The highest BCUT2D eigenvalue weighted by Crippen LogP contribution is 2.41. The number of likely N-dealkylation sites (N-methyl/N-ethyl adjacent to an activating group) is 2. The van der Waals surface area contributed by atoms with E-state index in [1.54, 1.807) is 41.5 Å². The van der Waals surface area contributed by atoms with Gasteiger partial charge in [0.1, 0.15) is 33.0 Å². The van der Waals surface area contributed by atoms with Gasteiger partial charge in [0.2, 0.25) is 0 Å². The molecule has 0 aliphatic heterocycles.